The van der Waals surface area contributed by atoms with Crippen LogP contribution in [0, 0.1) is 17.5 Å². The molecule has 1 aliphatic heterocycles. The molecule has 0 aliphatic carbocycles. The van der Waals surface area contributed by atoms with Gasteiger partial charge in [-0.3, -0.25) is 4.79 Å². The molecule has 1 aliphatic rings. The first-order valence-electron chi connectivity index (χ1n) is 6.88. The molecule has 0 saturated heterocycles. The van der Waals surface area contributed by atoms with Crippen LogP contribution in [0.25, 0.3) is 0 Å². The van der Waals surface area contributed by atoms with E-state index >= 15 is 0 Å². The first-order chi connectivity index (χ1) is 11.0. The highest BCUT2D eigenvalue weighted by molar-refractivity contribution is 7.99. The number of phenolic OH excluding ortho intramolecular Hbond substituents is 1. The van der Waals surface area contributed by atoms with Crippen LogP contribution in [0.2, 0.25) is 0 Å². The lowest BCUT2D eigenvalue weighted by atomic mass is 10.0. The molecule has 0 aromatic heterocycles. The lowest BCUT2D eigenvalue weighted by Crippen LogP contribution is -2.31. The number of fused-ring (bicyclic) bond motifs is 1. The van der Waals surface area contributed by atoms with Crippen molar-refractivity contribution in [3.8, 4) is 5.75 Å². The SMILES string of the molecule is O=C(NC1CCSc2ccccc21)c1cc(F)c(F)c(O)c1F. The fraction of sp³-hybridized carbons (Fsp3) is 0.188. The Hall–Kier alpha value is -2.15. The van der Waals surface area contributed by atoms with E-state index in [1.807, 2.05) is 24.3 Å². The zero-order valence-electron chi connectivity index (χ0n) is 11.8. The average Bonchev–Trinajstić information content (AvgIpc) is 2.56. The van der Waals surface area contributed by atoms with Crippen LogP contribution in [0.4, 0.5) is 13.2 Å². The van der Waals surface area contributed by atoms with Crippen LogP contribution in [0.5, 0.6) is 5.75 Å². The number of hydrogen-bond acceptors (Lipinski definition) is 3. The zero-order valence-corrected chi connectivity index (χ0v) is 12.6. The first-order valence-corrected chi connectivity index (χ1v) is 7.86. The van der Waals surface area contributed by atoms with Gasteiger partial charge in [-0.1, -0.05) is 18.2 Å². The zero-order chi connectivity index (χ0) is 16.6. The van der Waals surface area contributed by atoms with Crippen molar-refractivity contribution in [1.29, 1.82) is 0 Å². The van der Waals surface area contributed by atoms with E-state index in [1.54, 1.807) is 11.8 Å². The van der Waals surface area contributed by atoms with Gasteiger partial charge in [-0.25, -0.2) is 8.78 Å². The van der Waals surface area contributed by atoms with E-state index in [1.165, 1.54) is 0 Å². The largest absolute Gasteiger partial charge is 0.503 e. The standard InChI is InChI=1S/C16H12F3NO2S/c17-10-7-9(13(18)15(21)14(10)19)16(22)20-11-5-6-23-12-4-2-1-3-8(11)12/h1-4,7,11,21H,5-6H2,(H,20,22). The topological polar surface area (TPSA) is 49.3 Å². The van der Waals surface area contributed by atoms with E-state index in [-0.39, 0.29) is 6.04 Å². The Labute approximate surface area is 134 Å². The second-order valence-electron chi connectivity index (χ2n) is 5.08. The van der Waals surface area contributed by atoms with Crippen molar-refractivity contribution in [2.45, 2.75) is 17.4 Å². The molecule has 0 bridgehead atoms. The van der Waals surface area contributed by atoms with Gasteiger partial charge in [-0.05, 0) is 24.1 Å². The Kier molecular flexibility index (Phi) is 4.21. The van der Waals surface area contributed by atoms with Crippen LogP contribution in [-0.4, -0.2) is 16.8 Å². The van der Waals surface area contributed by atoms with Crippen LogP contribution in [0.1, 0.15) is 28.4 Å². The maximum atomic E-state index is 13.8. The fourth-order valence-corrected chi connectivity index (χ4v) is 3.61. The number of rotatable bonds is 2. The monoisotopic (exact) mass is 339 g/mol. The second-order valence-corrected chi connectivity index (χ2v) is 6.22. The Morgan fingerprint density at radius 3 is 2.74 bits per heavy atom. The number of hydrogen-bond donors (Lipinski definition) is 2. The summed E-state index contributed by atoms with van der Waals surface area (Å²) < 4.78 is 40.2. The van der Waals surface area contributed by atoms with E-state index in [9.17, 15) is 23.1 Å². The molecule has 23 heavy (non-hydrogen) atoms. The number of halogens is 3. The fourth-order valence-electron chi connectivity index (χ4n) is 2.48. The quantitative estimate of drug-likeness (QED) is 0.819. The summed E-state index contributed by atoms with van der Waals surface area (Å²) in [6.45, 7) is 0. The van der Waals surface area contributed by atoms with Crippen molar-refractivity contribution < 1.29 is 23.1 Å². The van der Waals surface area contributed by atoms with E-state index in [0.717, 1.165) is 16.2 Å². The van der Waals surface area contributed by atoms with Crippen molar-refractivity contribution in [2.24, 2.45) is 0 Å². The molecule has 1 amide bonds. The third-order valence-electron chi connectivity index (χ3n) is 3.64. The second kappa shape index (κ2) is 6.16. The van der Waals surface area contributed by atoms with Crippen molar-refractivity contribution in [3.05, 3.63) is 58.9 Å². The van der Waals surface area contributed by atoms with Gasteiger partial charge in [0.25, 0.3) is 5.91 Å². The van der Waals surface area contributed by atoms with Gasteiger partial charge < -0.3 is 10.4 Å². The first kappa shape index (κ1) is 15.7. The minimum atomic E-state index is -1.71. The number of amides is 1. The number of aromatic hydroxyl groups is 1. The number of carbonyl (C=O) groups is 1. The van der Waals surface area contributed by atoms with Crippen molar-refractivity contribution in [2.75, 3.05) is 5.75 Å². The van der Waals surface area contributed by atoms with Gasteiger partial charge in [0.2, 0.25) is 5.82 Å². The van der Waals surface area contributed by atoms with Gasteiger partial charge in [0, 0.05) is 10.6 Å². The van der Waals surface area contributed by atoms with Crippen LogP contribution in [-0.2, 0) is 0 Å². The minimum Gasteiger partial charge on any atom is -0.503 e. The molecule has 2 aromatic carbocycles. The van der Waals surface area contributed by atoms with E-state index in [0.29, 0.717) is 12.5 Å². The Balaban J connectivity index is 1.89. The van der Waals surface area contributed by atoms with Crippen LogP contribution < -0.4 is 5.32 Å². The molecule has 0 spiro atoms. The maximum Gasteiger partial charge on any atom is 0.254 e. The molecule has 3 rings (SSSR count). The highest BCUT2D eigenvalue weighted by atomic mass is 32.2. The predicted octanol–water partition coefficient (Wildman–Crippen LogP) is 3.78. The van der Waals surface area contributed by atoms with Gasteiger partial charge in [0.15, 0.2) is 17.4 Å². The molecular formula is C16H12F3NO2S. The van der Waals surface area contributed by atoms with Gasteiger partial charge in [0.05, 0.1) is 11.6 Å². The summed E-state index contributed by atoms with van der Waals surface area (Å²) in [5, 5.41) is 11.8. The summed E-state index contributed by atoms with van der Waals surface area (Å²) in [6, 6.07) is 7.57. The smallest absolute Gasteiger partial charge is 0.254 e. The summed E-state index contributed by atoms with van der Waals surface area (Å²) in [7, 11) is 0. The van der Waals surface area contributed by atoms with Crippen molar-refractivity contribution in [1.82, 2.24) is 5.32 Å². The molecular weight excluding hydrogens is 327 g/mol. The lowest BCUT2D eigenvalue weighted by Gasteiger charge is -2.26. The molecule has 7 heteroatoms. The van der Waals surface area contributed by atoms with Gasteiger partial charge in [-0.2, -0.15) is 4.39 Å². The number of benzene rings is 2. The highest BCUT2D eigenvalue weighted by Gasteiger charge is 2.26. The van der Waals surface area contributed by atoms with E-state index in [2.05, 4.69) is 5.32 Å². The van der Waals surface area contributed by atoms with Crippen molar-refractivity contribution >= 4 is 17.7 Å². The minimum absolute atomic E-state index is 0.352. The molecule has 120 valence electrons. The molecule has 1 unspecified atom stereocenters. The molecule has 0 fully saturated rings. The molecule has 3 nitrogen and oxygen atoms in total. The highest BCUT2D eigenvalue weighted by Crippen LogP contribution is 2.36. The molecule has 1 atom stereocenters. The number of carbonyl (C=O) groups excluding carboxylic acids is 1. The molecule has 2 N–H and O–H groups in total. The van der Waals surface area contributed by atoms with Gasteiger partial charge in [-0.15, -0.1) is 11.8 Å². The predicted molar refractivity (Wildman–Crippen MR) is 80.0 cm³/mol. The van der Waals surface area contributed by atoms with Crippen LogP contribution in [0.15, 0.2) is 35.2 Å². The summed E-state index contributed by atoms with van der Waals surface area (Å²) >= 11 is 1.65. The van der Waals surface area contributed by atoms with Gasteiger partial charge in [0.1, 0.15) is 0 Å². The molecule has 1 heterocycles. The maximum absolute atomic E-state index is 13.8. The van der Waals surface area contributed by atoms with Crippen LogP contribution >= 0.6 is 11.8 Å². The third kappa shape index (κ3) is 2.88. The Bertz CT molecular complexity index is 782. The Morgan fingerprint density at radius 1 is 1.22 bits per heavy atom. The van der Waals surface area contributed by atoms with E-state index < -0.39 is 34.7 Å². The van der Waals surface area contributed by atoms with Crippen LogP contribution in [0.3, 0.4) is 0 Å². The summed E-state index contributed by atoms with van der Waals surface area (Å²) in [5.41, 5.74) is 0.168. The lowest BCUT2D eigenvalue weighted by molar-refractivity contribution is 0.0929. The van der Waals surface area contributed by atoms with E-state index in [4.69, 9.17) is 0 Å². The average molecular weight is 339 g/mol. The number of thioether (sulfide) groups is 1. The van der Waals surface area contributed by atoms with Crippen molar-refractivity contribution in [3.63, 3.8) is 0 Å². The molecule has 2 aromatic rings. The number of nitrogens with one attached hydrogen (secondary N) is 1. The molecule has 0 radical (unpaired) electrons. The Morgan fingerprint density at radius 2 is 1.96 bits per heavy atom. The summed E-state index contributed by atoms with van der Waals surface area (Å²) in [4.78, 5) is 13.2. The normalized spacial score (nSPS) is 16.7. The summed E-state index contributed by atoms with van der Waals surface area (Å²) in [5.74, 6) is -6.28. The third-order valence-corrected chi connectivity index (χ3v) is 4.76. The van der Waals surface area contributed by atoms with Gasteiger partial charge >= 0.3 is 0 Å². The summed E-state index contributed by atoms with van der Waals surface area (Å²) in [6.07, 6.45) is 0.630. The molecule has 0 saturated carbocycles. The number of phenols is 1.